The largest absolute Gasteiger partial charge is 0.299 e. The third-order valence-electron chi connectivity index (χ3n) is 1.92. The van der Waals surface area contributed by atoms with Crippen LogP contribution in [0, 0.1) is 0 Å². The van der Waals surface area contributed by atoms with Crippen molar-refractivity contribution in [3.8, 4) is 0 Å². The lowest BCUT2D eigenvalue weighted by Gasteiger charge is -1.90. The number of hydrogen-bond acceptors (Lipinski definition) is 3. The van der Waals surface area contributed by atoms with E-state index in [9.17, 15) is 4.79 Å². The van der Waals surface area contributed by atoms with Crippen LogP contribution in [0.1, 0.15) is 19.0 Å². The predicted molar refractivity (Wildman–Crippen MR) is 52.1 cm³/mol. The minimum Gasteiger partial charge on any atom is -0.299 e. The van der Waals surface area contributed by atoms with Gasteiger partial charge in [0, 0.05) is 24.2 Å². The monoisotopic (exact) mass is 194 g/mol. The van der Waals surface area contributed by atoms with Crippen LogP contribution in [0.15, 0.2) is 17.8 Å². The summed E-state index contributed by atoms with van der Waals surface area (Å²) in [4.78, 5) is 16.4. The Hall–Kier alpha value is -1.16. The zero-order valence-electron chi connectivity index (χ0n) is 7.36. The van der Waals surface area contributed by atoms with E-state index in [2.05, 4.69) is 4.98 Å². The van der Waals surface area contributed by atoms with Gasteiger partial charge in [0.2, 0.25) is 0 Å². The fraction of sp³-hybridized carbons (Fsp3) is 0.333. The van der Waals surface area contributed by atoms with E-state index in [-0.39, 0.29) is 5.78 Å². The van der Waals surface area contributed by atoms with Crippen LogP contribution in [0.3, 0.4) is 0 Å². The lowest BCUT2D eigenvalue weighted by molar-refractivity contribution is -0.118. The summed E-state index contributed by atoms with van der Waals surface area (Å²) in [5.74, 6) is 0.241. The normalized spacial score (nSPS) is 10.8. The molecule has 2 aromatic heterocycles. The first-order valence-corrected chi connectivity index (χ1v) is 5.10. The Labute approximate surface area is 80.0 Å². The van der Waals surface area contributed by atoms with Crippen molar-refractivity contribution in [2.75, 3.05) is 0 Å². The minimum absolute atomic E-state index is 0.241. The predicted octanol–water partition coefficient (Wildman–Crippen LogP) is 1.92. The number of fused-ring (bicyclic) bond motifs is 1. The van der Waals surface area contributed by atoms with E-state index in [4.69, 9.17) is 0 Å². The highest BCUT2D eigenvalue weighted by molar-refractivity contribution is 7.15. The molecule has 0 amide bonds. The number of Topliss-reactive ketones (excluding diaryl/α,β-unsaturated/α-hetero) is 1. The van der Waals surface area contributed by atoms with Gasteiger partial charge in [-0.3, -0.25) is 9.20 Å². The average molecular weight is 194 g/mol. The van der Waals surface area contributed by atoms with E-state index >= 15 is 0 Å². The average Bonchev–Trinajstić information content (AvgIpc) is 2.63. The molecule has 2 heterocycles. The molecule has 0 unspecified atom stereocenters. The lowest BCUT2D eigenvalue weighted by atomic mass is 10.2. The van der Waals surface area contributed by atoms with Gasteiger partial charge in [0.1, 0.15) is 5.78 Å². The third-order valence-corrected chi connectivity index (χ3v) is 2.69. The molecule has 68 valence electrons. The quantitative estimate of drug-likeness (QED) is 0.748. The minimum atomic E-state index is 0.241. The molecule has 0 fully saturated rings. The van der Waals surface area contributed by atoms with Gasteiger partial charge in [-0.05, 0) is 0 Å². The molecule has 0 N–H and O–H groups in total. The SMILES string of the molecule is CCC(=O)Cc1cn2ccsc2n1. The molecule has 0 spiro atoms. The van der Waals surface area contributed by atoms with Gasteiger partial charge in [-0.15, -0.1) is 11.3 Å². The van der Waals surface area contributed by atoms with Gasteiger partial charge in [-0.1, -0.05) is 6.92 Å². The molecule has 2 rings (SSSR count). The summed E-state index contributed by atoms with van der Waals surface area (Å²) in [6.07, 6.45) is 4.92. The molecule has 0 aliphatic carbocycles. The molecule has 0 atom stereocenters. The van der Waals surface area contributed by atoms with E-state index < -0.39 is 0 Å². The van der Waals surface area contributed by atoms with Crippen LogP contribution in [-0.2, 0) is 11.2 Å². The maximum atomic E-state index is 11.1. The fourth-order valence-corrected chi connectivity index (χ4v) is 1.91. The summed E-state index contributed by atoms with van der Waals surface area (Å²) in [6.45, 7) is 1.88. The zero-order chi connectivity index (χ0) is 9.26. The Morgan fingerprint density at radius 2 is 2.54 bits per heavy atom. The maximum Gasteiger partial charge on any atom is 0.193 e. The molecular weight excluding hydrogens is 184 g/mol. The van der Waals surface area contributed by atoms with E-state index in [1.165, 1.54) is 0 Å². The lowest BCUT2D eigenvalue weighted by Crippen LogP contribution is -2.00. The van der Waals surface area contributed by atoms with Crippen molar-refractivity contribution in [3.05, 3.63) is 23.5 Å². The Morgan fingerprint density at radius 1 is 1.69 bits per heavy atom. The maximum absolute atomic E-state index is 11.1. The van der Waals surface area contributed by atoms with E-state index in [0.717, 1.165) is 10.7 Å². The van der Waals surface area contributed by atoms with Crippen molar-refractivity contribution >= 4 is 22.1 Å². The van der Waals surface area contributed by atoms with Gasteiger partial charge in [0.15, 0.2) is 4.96 Å². The molecular formula is C9H10N2OS. The number of rotatable bonds is 3. The second kappa shape index (κ2) is 3.30. The number of nitrogens with zero attached hydrogens (tertiary/aromatic N) is 2. The molecule has 0 aliphatic heterocycles. The van der Waals surface area contributed by atoms with Crippen molar-refractivity contribution in [2.24, 2.45) is 0 Å². The van der Waals surface area contributed by atoms with E-state index in [0.29, 0.717) is 12.8 Å². The summed E-state index contributed by atoms with van der Waals surface area (Å²) < 4.78 is 1.95. The summed E-state index contributed by atoms with van der Waals surface area (Å²) in [6, 6.07) is 0. The highest BCUT2D eigenvalue weighted by Crippen LogP contribution is 2.11. The van der Waals surface area contributed by atoms with E-state index in [1.807, 2.05) is 29.1 Å². The molecule has 0 radical (unpaired) electrons. The summed E-state index contributed by atoms with van der Waals surface area (Å²) >= 11 is 1.58. The standard InChI is InChI=1S/C9H10N2OS/c1-2-8(12)5-7-6-11-3-4-13-9(11)10-7/h3-4,6H,2,5H2,1H3. The summed E-state index contributed by atoms with van der Waals surface area (Å²) in [5, 5.41) is 1.98. The van der Waals surface area contributed by atoms with Gasteiger partial charge < -0.3 is 0 Å². The van der Waals surface area contributed by atoms with E-state index in [1.54, 1.807) is 11.3 Å². The second-order valence-corrected chi connectivity index (χ2v) is 3.77. The van der Waals surface area contributed by atoms with Crippen LogP contribution in [0.25, 0.3) is 4.96 Å². The molecule has 0 aliphatic rings. The van der Waals surface area contributed by atoms with Gasteiger partial charge in [0.25, 0.3) is 0 Å². The number of carbonyl (C=O) groups is 1. The van der Waals surface area contributed by atoms with Gasteiger partial charge >= 0.3 is 0 Å². The highest BCUT2D eigenvalue weighted by atomic mass is 32.1. The van der Waals surface area contributed by atoms with Crippen LogP contribution >= 0.6 is 11.3 Å². The molecule has 0 aromatic carbocycles. The Kier molecular flexibility index (Phi) is 2.14. The Morgan fingerprint density at radius 3 is 3.23 bits per heavy atom. The molecule has 0 saturated heterocycles. The fourth-order valence-electron chi connectivity index (χ4n) is 1.19. The molecule has 2 aromatic rings. The molecule has 3 nitrogen and oxygen atoms in total. The number of imidazole rings is 1. The first-order valence-electron chi connectivity index (χ1n) is 4.22. The highest BCUT2D eigenvalue weighted by Gasteiger charge is 2.05. The van der Waals surface area contributed by atoms with Crippen LogP contribution in [-0.4, -0.2) is 15.2 Å². The number of carbonyl (C=O) groups excluding carboxylic acids is 1. The number of hydrogen-bond donors (Lipinski definition) is 0. The number of ketones is 1. The Bertz CT molecular complexity index is 401. The third kappa shape index (κ3) is 1.62. The van der Waals surface area contributed by atoms with Gasteiger partial charge in [0.05, 0.1) is 12.1 Å². The smallest absolute Gasteiger partial charge is 0.193 e. The molecule has 13 heavy (non-hydrogen) atoms. The second-order valence-electron chi connectivity index (χ2n) is 2.89. The van der Waals surface area contributed by atoms with Gasteiger partial charge in [-0.2, -0.15) is 0 Å². The first-order chi connectivity index (χ1) is 6.29. The Balaban J connectivity index is 2.25. The van der Waals surface area contributed by atoms with Crippen molar-refractivity contribution in [2.45, 2.75) is 19.8 Å². The van der Waals surface area contributed by atoms with Gasteiger partial charge in [-0.25, -0.2) is 4.98 Å². The molecule has 0 bridgehead atoms. The number of thiazole rings is 1. The van der Waals surface area contributed by atoms with Crippen LogP contribution in [0.2, 0.25) is 0 Å². The van der Waals surface area contributed by atoms with Crippen molar-refractivity contribution in [1.82, 2.24) is 9.38 Å². The topological polar surface area (TPSA) is 34.4 Å². The van der Waals surface area contributed by atoms with Crippen LogP contribution in [0.4, 0.5) is 0 Å². The van der Waals surface area contributed by atoms with Crippen molar-refractivity contribution in [3.63, 3.8) is 0 Å². The van der Waals surface area contributed by atoms with Crippen molar-refractivity contribution < 1.29 is 4.79 Å². The van der Waals surface area contributed by atoms with Crippen molar-refractivity contribution in [1.29, 1.82) is 0 Å². The summed E-state index contributed by atoms with van der Waals surface area (Å²) in [5.41, 5.74) is 0.874. The molecule has 0 saturated carbocycles. The number of aromatic nitrogens is 2. The molecule has 4 heteroatoms. The van der Waals surface area contributed by atoms with Crippen LogP contribution < -0.4 is 0 Å². The zero-order valence-corrected chi connectivity index (χ0v) is 8.17. The first kappa shape index (κ1) is 8.44. The van der Waals surface area contributed by atoms with Crippen LogP contribution in [0.5, 0.6) is 0 Å². The summed E-state index contributed by atoms with van der Waals surface area (Å²) in [7, 11) is 0.